The quantitative estimate of drug-likeness (QED) is 0.809. The van der Waals surface area contributed by atoms with Gasteiger partial charge < -0.3 is 10.0 Å². The highest BCUT2D eigenvalue weighted by atomic mass is 16.4. The standard InChI is InChI=1S/C22H30N4O3/c1-16-13-17(2)26(23-16)14-18-6-8-19(9-7-18)22(29)25-11-4-5-20(10-12-25)24(3)15-21(27)28/h6-9,13,20H,4-5,10-12,14-15H2,1-3H3,(H,27,28). The van der Waals surface area contributed by atoms with E-state index in [1.807, 2.05) is 59.6 Å². The topological polar surface area (TPSA) is 78.7 Å². The highest BCUT2D eigenvalue weighted by Gasteiger charge is 2.24. The predicted molar refractivity (Wildman–Crippen MR) is 111 cm³/mol. The Labute approximate surface area is 171 Å². The Morgan fingerprint density at radius 1 is 1.17 bits per heavy atom. The Morgan fingerprint density at radius 2 is 1.90 bits per heavy atom. The summed E-state index contributed by atoms with van der Waals surface area (Å²) in [6.07, 6.45) is 2.59. The van der Waals surface area contributed by atoms with Gasteiger partial charge in [0.15, 0.2) is 0 Å². The number of carboxylic acids is 1. The molecule has 1 aromatic carbocycles. The fourth-order valence-electron chi connectivity index (χ4n) is 4.01. The van der Waals surface area contributed by atoms with Gasteiger partial charge in [-0.15, -0.1) is 0 Å². The molecule has 1 amide bonds. The number of benzene rings is 1. The van der Waals surface area contributed by atoms with Gasteiger partial charge in [0.05, 0.1) is 18.8 Å². The first-order chi connectivity index (χ1) is 13.8. The van der Waals surface area contributed by atoms with Crippen LogP contribution in [-0.4, -0.2) is 69.3 Å². The summed E-state index contributed by atoms with van der Waals surface area (Å²) in [4.78, 5) is 27.7. The summed E-state index contributed by atoms with van der Waals surface area (Å²) in [6, 6.07) is 10.0. The highest BCUT2D eigenvalue weighted by molar-refractivity contribution is 5.94. The number of likely N-dealkylation sites (N-methyl/N-ethyl adjacent to an activating group) is 1. The first kappa shape index (κ1) is 21.0. The molecule has 2 aromatic rings. The third kappa shape index (κ3) is 5.44. The minimum atomic E-state index is -0.815. The van der Waals surface area contributed by atoms with Gasteiger partial charge in [-0.3, -0.25) is 19.2 Å². The summed E-state index contributed by atoms with van der Waals surface area (Å²) in [6.45, 7) is 6.12. The van der Waals surface area contributed by atoms with Gasteiger partial charge in [0.1, 0.15) is 0 Å². The van der Waals surface area contributed by atoms with Crippen LogP contribution in [0.25, 0.3) is 0 Å². The van der Waals surface area contributed by atoms with Crippen molar-refractivity contribution in [1.29, 1.82) is 0 Å². The number of hydrogen-bond acceptors (Lipinski definition) is 4. The van der Waals surface area contributed by atoms with E-state index in [4.69, 9.17) is 5.11 Å². The van der Waals surface area contributed by atoms with Crippen molar-refractivity contribution in [3.8, 4) is 0 Å². The summed E-state index contributed by atoms with van der Waals surface area (Å²) in [5.74, 6) is -0.769. The summed E-state index contributed by atoms with van der Waals surface area (Å²) in [5.41, 5.74) is 3.93. The number of aromatic nitrogens is 2. The van der Waals surface area contributed by atoms with Crippen LogP contribution in [0.15, 0.2) is 30.3 Å². The molecule has 1 aliphatic rings. The number of carbonyl (C=O) groups is 2. The van der Waals surface area contributed by atoms with E-state index in [1.54, 1.807) is 0 Å². The van der Waals surface area contributed by atoms with E-state index < -0.39 is 5.97 Å². The Kier molecular flexibility index (Phi) is 6.69. The first-order valence-electron chi connectivity index (χ1n) is 10.1. The van der Waals surface area contributed by atoms with E-state index >= 15 is 0 Å². The molecule has 3 rings (SSSR count). The van der Waals surface area contributed by atoms with Crippen LogP contribution in [0, 0.1) is 13.8 Å². The summed E-state index contributed by atoms with van der Waals surface area (Å²) < 4.78 is 1.97. The van der Waals surface area contributed by atoms with Gasteiger partial charge in [-0.1, -0.05) is 12.1 Å². The molecular formula is C22H30N4O3. The van der Waals surface area contributed by atoms with Crippen LogP contribution in [0.4, 0.5) is 0 Å². The van der Waals surface area contributed by atoms with Crippen LogP contribution in [-0.2, 0) is 11.3 Å². The molecule has 0 aliphatic carbocycles. The normalized spacial score (nSPS) is 17.4. The van der Waals surface area contributed by atoms with Gasteiger partial charge >= 0.3 is 5.97 Å². The molecule has 29 heavy (non-hydrogen) atoms. The Balaban J connectivity index is 1.60. The van der Waals surface area contributed by atoms with Crippen molar-refractivity contribution in [2.24, 2.45) is 0 Å². The predicted octanol–water partition coefficient (Wildman–Crippen LogP) is 2.56. The molecule has 2 heterocycles. The number of carboxylic acid groups (broad SMARTS) is 1. The van der Waals surface area contributed by atoms with Crippen LogP contribution in [0.5, 0.6) is 0 Å². The molecule has 7 nitrogen and oxygen atoms in total. The second kappa shape index (κ2) is 9.22. The van der Waals surface area contributed by atoms with Crippen molar-refractivity contribution >= 4 is 11.9 Å². The Bertz CT molecular complexity index is 859. The van der Waals surface area contributed by atoms with Crippen molar-refractivity contribution in [3.63, 3.8) is 0 Å². The van der Waals surface area contributed by atoms with Crippen LogP contribution in [0.3, 0.4) is 0 Å². The number of aryl methyl sites for hydroxylation is 2. The maximum absolute atomic E-state index is 12.9. The van der Waals surface area contributed by atoms with Gasteiger partial charge in [-0.25, -0.2) is 0 Å². The van der Waals surface area contributed by atoms with E-state index in [9.17, 15) is 9.59 Å². The highest BCUT2D eigenvalue weighted by Crippen LogP contribution is 2.18. The van der Waals surface area contributed by atoms with Crippen molar-refractivity contribution in [2.75, 3.05) is 26.7 Å². The number of amides is 1. The molecular weight excluding hydrogens is 368 g/mol. The minimum Gasteiger partial charge on any atom is -0.480 e. The van der Waals surface area contributed by atoms with E-state index in [1.165, 1.54) is 0 Å². The van der Waals surface area contributed by atoms with Crippen LogP contribution in [0.1, 0.15) is 46.6 Å². The maximum atomic E-state index is 12.9. The summed E-state index contributed by atoms with van der Waals surface area (Å²) in [7, 11) is 1.85. The third-order valence-electron chi connectivity index (χ3n) is 5.63. The fourth-order valence-corrected chi connectivity index (χ4v) is 4.01. The molecule has 0 radical (unpaired) electrons. The molecule has 7 heteroatoms. The third-order valence-corrected chi connectivity index (χ3v) is 5.63. The molecule has 1 aromatic heterocycles. The lowest BCUT2D eigenvalue weighted by atomic mass is 10.1. The smallest absolute Gasteiger partial charge is 0.317 e. The number of nitrogens with zero attached hydrogens (tertiary/aromatic N) is 4. The van der Waals surface area contributed by atoms with Gasteiger partial charge in [0, 0.05) is 30.4 Å². The van der Waals surface area contributed by atoms with Gasteiger partial charge in [-0.05, 0) is 63.9 Å². The number of carbonyl (C=O) groups excluding carboxylic acids is 1. The van der Waals surface area contributed by atoms with Crippen molar-refractivity contribution in [3.05, 3.63) is 52.8 Å². The second-order valence-electron chi connectivity index (χ2n) is 7.97. The van der Waals surface area contributed by atoms with E-state index in [2.05, 4.69) is 11.2 Å². The molecule has 1 fully saturated rings. The molecule has 1 saturated heterocycles. The average Bonchev–Trinajstić information content (AvgIpc) is 2.86. The lowest BCUT2D eigenvalue weighted by molar-refractivity contribution is -0.138. The van der Waals surface area contributed by atoms with Crippen LogP contribution in [0.2, 0.25) is 0 Å². The first-order valence-corrected chi connectivity index (χ1v) is 10.1. The molecule has 156 valence electrons. The van der Waals surface area contributed by atoms with Crippen molar-refractivity contribution in [1.82, 2.24) is 19.6 Å². The Hall–Kier alpha value is -2.67. The summed E-state index contributed by atoms with van der Waals surface area (Å²) >= 11 is 0. The molecule has 1 atom stereocenters. The van der Waals surface area contributed by atoms with Crippen LogP contribution >= 0.6 is 0 Å². The van der Waals surface area contributed by atoms with Gasteiger partial charge in [-0.2, -0.15) is 5.10 Å². The van der Waals surface area contributed by atoms with Gasteiger partial charge in [0.2, 0.25) is 0 Å². The van der Waals surface area contributed by atoms with E-state index in [0.717, 1.165) is 36.2 Å². The zero-order valence-corrected chi connectivity index (χ0v) is 17.5. The lowest BCUT2D eigenvalue weighted by Gasteiger charge is -2.25. The van der Waals surface area contributed by atoms with E-state index in [0.29, 0.717) is 25.2 Å². The maximum Gasteiger partial charge on any atom is 0.317 e. The number of hydrogen-bond donors (Lipinski definition) is 1. The van der Waals surface area contributed by atoms with Crippen LogP contribution < -0.4 is 0 Å². The summed E-state index contributed by atoms with van der Waals surface area (Å²) in [5, 5.41) is 13.5. The monoisotopic (exact) mass is 398 g/mol. The van der Waals surface area contributed by atoms with Crippen molar-refractivity contribution < 1.29 is 14.7 Å². The molecule has 1 N–H and O–H groups in total. The number of rotatable bonds is 6. The molecule has 1 unspecified atom stereocenters. The zero-order valence-electron chi connectivity index (χ0n) is 17.5. The number of aliphatic carboxylic acids is 1. The zero-order chi connectivity index (χ0) is 21.0. The van der Waals surface area contributed by atoms with E-state index in [-0.39, 0.29) is 18.5 Å². The molecule has 0 spiro atoms. The van der Waals surface area contributed by atoms with Gasteiger partial charge in [0.25, 0.3) is 5.91 Å². The molecule has 1 aliphatic heterocycles. The Morgan fingerprint density at radius 3 is 2.52 bits per heavy atom. The van der Waals surface area contributed by atoms with Crippen molar-refractivity contribution in [2.45, 2.75) is 45.7 Å². The lowest BCUT2D eigenvalue weighted by Crippen LogP contribution is -2.37. The number of likely N-dealkylation sites (tertiary alicyclic amines) is 1. The minimum absolute atomic E-state index is 0.0370. The fraction of sp³-hybridized carbons (Fsp3) is 0.500. The second-order valence-corrected chi connectivity index (χ2v) is 7.97. The molecule has 0 bridgehead atoms. The largest absolute Gasteiger partial charge is 0.480 e. The SMILES string of the molecule is Cc1cc(C)n(Cc2ccc(C(=O)N3CCCC(N(C)CC(=O)O)CC3)cc2)n1. The average molecular weight is 399 g/mol. The molecule has 0 saturated carbocycles.